The molecule has 0 aromatic heterocycles. The molecule has 0 bridgehead atoms. The van der Waals surface area contributed by atoms with E-state index in [-0.39, 0.29) is 31.1 Å². The molecule has 0 aliphatic carbocycles. The van der Waals surface area contributed by atoms with Crippen molar-refractivity contribution in [3.8, 4) is 0 Å². The van der Waals surface area contributed by atoms with Crippen molar-refractivity contribution in [3.63, 3.8) is 0 Å². The summed E-state index contributed by atoms with van der Waals surface area (Å²) < 4.78 is 16.9. The van der Waals surface area contributed by atoms with Crippen LogP contribution in [0.3, 0.4) is 0 Å². The zero-order chi connectivity index (χ0) is 59.2. The summed E-state index contributed by atoms with van der Waals surface area (Å²) in [5.41, 5.74) is 0. The molecule has 0 saturated carbocycles. The van der Waals surface area contributed by atoms with E-state index >= 15 is 0 Å². The Morgan fingerprint density at radius 2 is 0.476 bits per heavy atom. The predicted molar refractivity (Wildman–Crippen MR) is 357 cm³/mol. The van der Waals surface area contributed by atoms with Gasteiger partial charge in [0, 0.05) is 19.3 Å². The summed E-state index contributed by atoms with van der Waals surface area (Å²) in [7, 11) is 0. The normalized spacial score (nSPS) is 12.9. The highest BCUT2D eigenvalue weighted by molar-refractivity contribution is 5.71. The molecule has 0 aromatic rings. The zero-order valence-electron chi connectivity index (χ0n) is 53.7. The molecule has 468 valence electrons. The standard InChI is InChI=1S/C76H128O6/c1-4-7-10-13-16-19-22-25-28-30-32-33-34-35-36-37-38-39-40-41-42-43-44-46-48-51-54-57-60-63-66-69-75(78)81-72-73(71-80-74(77)68-65-62-59-56-53-50-47-27-24-21-18-15-12-9-6-3)82-76(79)70-67-64-61-58-55-52-49-45-31-29-26-23-20-17-14-11-8-5-2/h7,9-10,12,16,18-19,21,25,27-28,32-33,35-36,38-39,47,53,56,73H,4-6,8,11,13-15,17,20,22-24,26,29-31,34,37,40-46,48-52,54-55,57-72H2,1-3H3/b10-7-,12-9-,19-16-,21-18-,28-25-,33-32-,36-35-,39-38-,47-27-,56-53-. The lowest BCUT2D eigenvalue weighted by atomic mass is 10.0. The van der Waals surface area contributed by atoms with Crippen molar-refractivity contribution in [2.24, 2.45) is 0 Å². The molecule has 0 aliphatic rings. The van der Waals surface area contributed by atoms with Gasteiger partial charge < -0.3 is 14.2 Å². The molecule has 0 heterocycles. The number of carbonyl (C=O) groups is 3. The van der Waals surface area contributed by atoms with Gasteiger partial charge in [-0.1, -0.05) is 316 Å². The van der Waals surface area contributed by atoms with Crippen LogP contribution in [-0.2, 0) is 28.6 Å². The summed E-state index contributed by atoms with van der Waals surface area (Å²) in [6.07, 6.45) is 96.5. The van der Waals surface area contributed by atoms with Crippen LogP contribution in [0.1, 0.15) is 323 Å². The van der Waals surface area contributed by atoms with E-state index in [1.165, 1.54) is 161 Å². The summed E-state index contributed by atoms with van der Waals surface area (Å²) in [6, 6.07) is 0. The number of hydrogen-bond donors (Lipinski definition) is 0. The van der Waals surface area contributed by atoms with Gasteiger partial charge in [0.1, 0.15) is 13.2 Å². The molecule has 0 spiro atoms. The molecule has 0 aromatic carbocycles. The molecule has 0 N–H and O–H groups in total. The van der Waals surface area contributed by atoms with E-state index in [1.54, 1.807) is 0 Å². The molecule has 0 radical (unpaired) electrons. The second-order valence-corrected chi connectivity index (χ2v) is 22.7. The third kappa shape index (κ3) is 66.6. The average molecular weight is 1140 g/mol. The summed E-state index contributed by atoms with van der Waals surface area (Å²) in [5.74, 6) is -0.923. The Balaban J connectivity index is 4.30. The smallest absolute Gasteiger partial charge is 0.306 e. The number of unbranched alkanes of at least 4 members (excludes halogenated alkanes) is 31. The fourth-order valence-electron chi connectivity index (χ4n) is 9.62. The number of hydrogen-bond acceptors (Lipinski definition) is 6. The summed E-state index contributed by atoms with van der Waals surface area (Å²) >= 11 is 0. The van der Waals surface area contributed by atoms with Gasteiger partial charge in [-0.25, -0.2) is 0 Å². The lowest BCUT2D eigenvalue weighted by Gasteiger charge is -2.18. The monoisotopic (exact) mass is 1140 g/mol. The van der Waals surface area contributed by atoms with Crippen molar-refractivity contribution in [2.75, 3.05) is 13.2 Å². The minimum atomic E-state index is -0.798. The molecule has 82 heavy (non-hydrogen) atoms. The van der Waals surface area contributed by atoms with Gasteiger partial charge in [-0.05, 0) is 109 Å². The van der Waals surface area contributed by atoms with Gasteiger partial charge in [0.15, 0.2) is 6.10 Å². The van der Waals surface area contributed by atoms with Crippen molar-refractivity contribution < 1.29 is 28.6 Å². The van der Waals surface area contributed by atoms with Crippen LogP contribution < -0.4 is 0 Å². The van der Waals surface area contributed by atoms with Crippen LogP contribution in [0.15, 0.2) is 122 Å². The first-order valence-corrected chi connectivity index (χ1v) is 34.5. The lowest BCUT2D eigenvalue weighted by Crippen LogP contribution is -2.30. The van der Waals surface area contributed by atoms with E-state index in [0.717, 1.165) is 122 Å². The van der Waals surface area contributed by atoms with Crippen LogP contribution in [0.5, 0.6) is 0 Å². The van der Waals surface area contributed by atoms with Gasteiger partial charge >= 0.3 is 17.9 Å². The molecular formula is C76H128O6. The SMILES string of the molecule is CC/C=C\C/C=C\C/C=C\C/C=C\C/C=C\C/C=C\CCCCCCCCCCCCCCC(=O)OCC(COC(=O)CCCC/C=C\C/C=C\C/C=C\C/C=C\CC)OC(=O)CCCCCCCCCCCCCCCCCCCC. The lowest BCUT2D eigenvalue weighted by molar-refractivity contribution is -0.167. The Morgan fingerprint density at radius 3 is 0.768 bits per heavy atom. The topological polar surface area (TPSA) is 78.9 Å². The second-order valence-electron chi connectivity index (χ2n) is 22.7. The molecule has 0 amide bonds. The maximum absolute atomic E-state index is 12.9. The third-order valence-corrected chi connectivity index (χ3v) is 14.7. The largest absolute Gasteiger partial charge is 0.462 e. The Labute approximate surface area is 507 Å². The minimum absolute atomic E-state index is 0.0910. The van der Waals surface area contributed by atoms with Crippen LogP contribution in [-0.4, -0.2) is 37.2 Å². The number of carbonyl (C=O) groups excluding carboxylic acids is 3. The van der Waals surface area contributed by atoms with E-state index in [4.69, 9.17) is 14.2 Å². The maximum Gasteiger partial charge on any atom is 0.306 e. The average Bonchev–Trinajstić information content (AvgIpc) is 3.47. The minimum Gasteiger partial charge on any atom is -0.462 e. The van der Waals surface area contributed by atoms with E-state index in [0.29, 0.717) is 19.3 Å². The number of esters is 3. The van der Waals surface area contributed by atoms with E-state index in [9.17, 15) is 14.4 Å². The second kappa shape index (κ2) is 69.3. The van der Waals surface area contributed by atoms with Gasteiger partial charge in [-0.3, -0.25) is 14.4 Å². The molecular weight excluding hydrogens is 1010 g/mol. The van der Waals surface area contributed by atoms with Crippen molar-refractivity contribution >= 4 is 17.9 Å². The van der Waals surface area contributed by atoms with Gasteiger partial charge in [0.2, 0.25) is 0 Å². The molecule has 0 aliphatic heterocycles. The molecule has 0 rings (SSSR count). The van der Waals surface area contributed by atoms with Crippen molar-refractivity contribution in [2.45, 2.75) is 329 Å². The fourth-order valence-corrected chi connectivity index (χ4v) is 9.62. The first-order chi connectivity index (χ1) is 40.5. The Bertz CT molecular complexity index is 1690. The third-order valence-electron chi connectivity index (χ3n) is 14.7. The van der Waals surface area contributed by atoms with Crippen LogP contribution >= 0.6 is 0 Å². The Morgan fingerprint density at radius 1 is 0.256 bits per heavy atom. The first-order valence-electron chi connectivity index (χ1n) is 34.5. The highest BCUT2D eigenvalue weighted by Gasteiger charge is 2.19. The van der Waals surface area contributed by atoms with Gasteiger partial charge in [0.25, 0.3) is 0 Å². The Kier molecular flexibility index (Phi) is 65.8. The number of allylic oxidation sites excluding steroid dienone is 20. The first kappa shape index (κ1) is 77.8. The summed E-state index contributed by atoms with van der Waals surface area (Å²) in [4.78, 5) is 38.4. The highest BCUT2D eigenvalue weighted by atomic mass is 16.6. The maximum atomic E-state index is 12.9. The van der Waals surface area contributed by atoms with Crippen molar-refractivity contribution in [3.05, 3.63) is 122 Å². The molecule has 6 nitrogen and oxygen atoms in total. The quantitative estimate of drug-likeness (QED) is 0.0261. The van der Waals surface area contributed by atoms with Crippen LogP contribution in [0.2, 0.25) is 0 Å². The van der Waals surface area contributed by atoms with Crippen LogP contribution in [0.4, 0.5) is 0 Å². The summed E-state index contributed by atoms with van der Waals surface area (Å²) in [5, 5.41) is 0. The van der Waals surface area contributed by atoms with Gasteiger partial charge in [-0.15, -0.1) is 0 Å². The van der Waals surface area contributed by atoms with E-state index in [2.05, 4.69) is 142 Å². The van der Waals surface area contributed by atoms with Crippen LogP contribution in [0, 0.1) is 0 Å². The number of ether oxygens (including phenoxy) is 3. The Hall–Kier alpha value is -4.19. The predicted octanol–water partition coefficient (Wildman–Crippen LogP) is 23.9. The van der Waals surface area contributed by atoms with Crippen molar-refractivity contribution in [1.29, 1.82) is 0 Å². The van der Waals surface area contributed by atoms with Crippen molar-refractivity contribution in [1.82, 2.24) is 0 Å². The van der Waals surface area contributed by atoms with Gasteiger partial charge in [-0.2, -0.15) is 0 Å². The fraction of sp³-hybridized carbons (Fsp3) is 0.697. The summed E-state index contributed by atoms with van der Waals surface area (Å²) in [6.45, 7) is 6.41. The molecule has 1 atom stereocenters. The van der Waals surface area contributed by atoms with E-state index in [1.807, 2.05) is 0 Å². The molecule has 0 saturated heterocycles. The molecule has 6 heteroatoms. The van der Waals surface area contributed by atoms with Gasteiger partial charge in [0.05, 0.1) is 0 Å². The van der Waals surface area contributed by atoms with E-state index < -0.39 is 6.10 Å². The molecule has 1 unspecified atom stereocenters. The number of rotatable bonds is 62. The van der Waals surface area contributed by atoms with Crippen LogP contribution in [0.25, 0.3) is 0 Å². The molecule has 0 fully saturated rings. The highest BCUT2D eigenvalue weighted by Crippen LogP contribution is 2.17. The zero-order valence-corrected chi connectivity index (χ0v) is 53.7.